The number of alkyl halides is 1. The van der Waals surface area contributed by atoms with Crippen LogP contribution in [0.1, 0.15) is 29.6 Å². The van der Waals surface area contributed by atoms with E-state index in [9.17, 15) is 9.18 Å². The van der Waals surface area contributed by atoms with Crippen molar-refractivity contribution in [3.05, 3.63) is 35.6 Å². The molecule has 0 atom stereocenters. The number of amides is 1. The summed E-state index contributed by atoms with van der Waals surface area (Å²) in [6, 6.07) is 5.71. The van der Waals surface area contributed by atoms with Gasteiger partial charge in [0.1, 0.15) is 5.82 Å². The van der Waals surface area contributed by atoms with Crippen molar-refractivity contribution in [1.29, 1.82) is 0 Å². The molecule has 0 aliphatic rings. The molecule has 0 aromatic heterocycles. The van der Waals surface area contributed by atoms with Crippen molar-refractivity contribution in [2.45, 2.75) is 19.3 Å². The van der Waals surface area contributed by atoms with Gasteiger partial charge in [-0.2, -0.15) is 0 Å². The molecule has 1 aromatic carbocycles. The molecule has 0 unspecified atom stereocenters. The summed E-state index contributed by atoms with van der Waals surface area (Å²) < 4.78 is 12.8. The fraction of sp³-hybridized carbons (Fsp3) is 0.417. The van der Waals surface area contributed by atoms with Crippen LogP contribution in [0.3, 0.4) is 0 Å². The zero-order valence-electron chi connectivity index (χ0n) is 9.01. The SMILES string of the molecule is O=C(NCCCCCBr)c1cccc(F)c1. The number of hydrogen-bond acceptors (Lipinski definition) is 1. The zero-order chi connectivity index (χ0) is 11.8. The van der Waals surface area contributed by atoms with Crippen LogP contribution < -0.4 is 5.32 Å². The Morgan fingerprint density at radius 1 is 1.31 bits per heavy atom. The van der Waals surface area contributed by atoms with Gasteiger partial charge in [0.2, 0.25) is 0 Å². The van der Waals surface area contributed by atoms with Crippen molar-refractivity contribution in [1.82, 2.24) is 5.32 Å². The molecule has 0 aliphatic carbocycles. The van der Waals surface area contributed by atoms with E-state index in [1.54, 1.807) is 6.07 Å². The van der Waals surface area contributed by atoms with E-state index in [-0.39, 0.29) is 11.7 Å². The average Bonchev–Trinajstić information content (AvgIpc) is 2.28. The van der Waals surface area contributed by atoms with E-state index < -0.39 is 0 Å². The summed E-state index contributed by atoms with van der Waals surface area (Å²) >= 11 is 3.35. The van der Waals surface area contributed by atoms with Gasteiger partial charge in [-0.25, -0.2) is 4.39 Å². The van der Waals surface area contributed by atoms with Crippen molar-refractivity contribution in [3.63, 3.8) is 0 Å². The Bertz CT molecular complexity index is 344. The smallest absolute Gasteiger partial charge is 0.251 e. The van der Waals surface area contributed by atoms with E-state index in [0.29, 0.717) is 12.1 Å². The Kier molecular flexibility index (Phi) is 6.08. The highest BCUT2D eigenvalue weighted by Gasteiger charge is 2.04. The average molecular weight is 288 g/mol. The van der Waals surface area contributed by atoms with E-state index in [2.05, 4.69) is 21.2 Å². The highest BCUT2D eigenvalue weighted by Crippen LogP contribution is 2.03. The quantitative estimate of drug-likeness (QED) is 0.632. The fourth-order valence-electron chi connectivity index (χ4n) is 1.33. The molecule has 4 heteroatoms. The number of halogens is 2. The first-order chi connectivity index (χ1) is 7.74. The number of hydrogen-bond donors (Lipinski definition) is 1. The van der Waals surface area contributed by atoms with Crippen LogP contribution in [0, 0.1) is 5.82 Å². The summed E-state index contributed by atoms with van der Waals surface area (Å²) in [5, 5.41) is 3.76. The third kappa shape index (κ3) is 4.75. The summed E-state index contributed by atoms with van der Waals surface area (Å²) in [5.74, 6) is -0.592. The summed E-state index contributed by atoms with van der Waals surface area (Å²) in [6.45, 7) is 0.641. The summed E-state index contributed by atoms with van der Waals surface area (Å²) in [5.41, 5.74) is 0.375. The van der Waals surface area contributed by atoms with Gasteiger partial charge in [0.05, 0.1) is 0 Å². The summed E-state index contributed by atoms with van der Waals surface area (Å²) in [4.78, 5) is 11.5. The maximum absolute atomic E-state index is 12.8. The molecule has 0 bridgehead atoms. The second-order valence-electron chi connectivity index (χ2n) is 3.52. The molecule has 0 heterocycles. The normalized spacial score (nSPS) is 10.1. The lowest BCUT2D eigenvalue weighted by atomic mass is 10.2. The van der Waals surface area contributed by atoms with Gasteiger partial charge in [0.15, 0.2) is 0 Å². The van der Waals surface area contributed by atoms with Crippen LogP contribution in [0.15, 0.2) is 24.3 Å². The van der Waals surface area contributed by atoms with E-state index in [0.717, 1.165) is 24.6 Å². The number of rotatable bonds is 6. The highest BCUT2D eigenvalue weighted by atomic mass is 79.9. The minimum atomic E-state index is -0.382. The molecule has 2 nitrogen and oxygen atoms in total. The minimum absolute atomic E-state index is 0.210. The predicted octanol–water partition coefficient (Wildman–Crippen LogP) is 3.12. The molecule has 0 radical (unpaired) electrons. The van der Waals surface area contributed by atoms with Crippen LogP contribution in [0.5, 0.6) is 0 Å². The van der Waals surface area contributed by atoms with Crippen LogP contribution in [-0.4, -0.2) is 17.8 Å². The van der Waals surface area contributed by atoms with Gasteiger partial charge in [-0.05, 0) is 31.0 Å². The lowest BCUT2D eigenvalue weighted by Crippen LogP contribution is -2.24. The topological polar surface area (TPSA) is 29.1 Å². The summed E-state index contributed by atoms with van der Waals surface area (Å²) in [7, 11) is 0. The minimum Gasteiger partial charge on any atom is -0.352 e. The first kappa shape index (κ1) is 13.2. The third-order valence-electron chi connectivity index (χ3n) is 2.18. The maximum atomic E-state index is 12.8. The monoisotopic (exact) mass is 287 g/mol. The van der Waals surface area contributed by atoms with Gasteiger partial charge in [-0.1, -0.05) is 28.4 Å². The van der Waals surface area contributed by atoms with Gasteiger partial charge < -0.3 is 5.32 Å². The Labute approximate surface area is 103 Å². The number of benzene rings is 1. The van der Waals surface area contributed by atoms with Crippen LogP contribution in [-0.2, 0) is 0 Å². The molecule has 1 aromatic rings. The highest BCUT2D eigenvalue weighted by molar-refractivity contribution is 9.09. The Balaban J connectivity index is 2.30. The molecular weight excluding hydrogens is 273 g/mol. The second kappa shape index (κ2) is 7.39. The first-order valence-electron chi connectivity index (χ1n) is 5.34. The third-order valence-corrected chi connectivity index (χ3v) is 2.74. The number of unbranched alkanes of at least 4 members (excludes halogenated alkanes) is 2. The van der Waals surface area contributed by atoms with Gasteiger partial charge >= 0.3 is 0 Å². The van der Waals surface area contributed by atoms with Crippen LogP contribution in [0.2, 0.25) is 0 Å². The van der Waals surface area contributed by atoms with Crippen molar-refractivity contribution in [2.75, 3.05) is 11.9 Å². The lowest BCUT2D eigenvalue weighted by Gasteiger charge is -2.04. The number of carbonyl (C=O) groups excluding carboxylic acids is 1. The molecular formula is C12H15BrFNO. The van der Waals surface area contributed by atoms with Crippen molar-refractivity contribution in [3.8, 4) is 0 Å². The molecule has 0 saturated carbocycles. The second-order valence-corrected chi connectivity index (χ2v) is 4.31. The Morgan fingerprint density at radius 2 is 2.12 bits per heavy atom. The standard InChI is InChI=1S/C12H15BrFNO/c13-7-2-1-3-8-15-12(16)10-5-4-6-11(14)9-10/h4-6,9H,1-3,7-8H2,(H,15,16). The van der Waals surface area contributed by atoms with Crippen molar-refractivity contribution in [2.24, 2.45) is 0 Å². The Morgan fingerprint density at radius 3 is 2.81 bits per heavy atom. The molecule has 88 valence electrons. The van der Waals surface area contributed by atoms with Gasteiger partial charge in [-0.3, -0.25) is 4.79 Å². The molecule has 0 saturated heterocycles. The lowest BCUT2D eigenvalue weighted by molar-refractivity contribution is 0.0952. The molecule has 16 heavy (non-hydrogen) atoms. The van der Waals surface area contributed by atoms with Gasteiger partial charge in [-0.15, -0.1) is 0 Å². The molecule has 0 fully saturated rings. The maximum Gasteiger partial charge on any atom is 0.251 e. The predicted molar refractivity (Wildman–Crippen MR) is 66.4 cm³/mol. The van der Waals surface area contributed by atoms with E-state index in [1.165, 1.54) is 18.2 Å². The van der Waals surface area contributed by atoms with Crippen LogP contribution >= 0.6 is 15.9 Å². The van der Waals surface area contributed by atoms with Gasteiger partial charge in [0, 0.05) is 17.4 Å². The van der Waals surface area contributed by atoms with E-state index >= 15 is 0 Å². The fourth-order valence-corrected chi connectivity index (χ4v) is 1.73. The molecule has 1 amide bonds. The van der Waals surface area contributed by atoms with Crippen molar-refractivity contribution < 1.29 is 9.18 Å². The Hall–Kier alpha value is -0.900. The largest absolute Gasteiger partial charge is 0.352 e. The van der Waals surface area contributed by atoms with Crippen LogP contribution in [0.25, 0.3) is 0 Å². The molecule has 1 N–H and O–H groups in total. The molecule has 0 spiro atoms. The molecule has 1 rings (SSSR count). The van der Waals surface area contributed by atoms with Crippen LogP contribution in [0.4, 0.5) is 4.39 Å². The van der Waals surface area contributed by atoms with E-state index in [4.69, 9.17) is 0 Å². The van der Waals surface area contributed by atoms with Gasteiger partial charge in [0.25, 0.3) is 5.91 Å². The summed E-state index contributed by atoms with van der Waals surface area (Å²) in [6.07, 6.45) is 3.14. The number of carbonyl (C=O) groups is 1. The zero-order valence-corrected chi connectivity index (χ0v) is 10.6. The van der Waals surface area contributed by atoms with Crippen molar-refractivity contribution >= 4 is 21.8 Å². The number of nitrogens with one attached hydrogen (secondary N) is 1. The van der Waals surface area contributed by atoms with E-state index in [1.807, 2.05) is 0 Å². The molecule has 0 aliphatic heterocycles. The first-order valence-corrected chi connectivity index (χ1v) is 6.46.